The molecule has 0 aromatic carbocycles. The Kier molecular flexibility index (Phi) is 3.44. The number of hydrogen-bond donors (Lipinski definition) is 1. The van der Waals surface area contributed by atoms with Crippen LogP contribution >= 0.6 is 0 Å². The van der Waals surface area contributed by atoms with E-state index in [2.05, 4.69) is 16.0 Å². The van der Waals surface area contributed by atoms with Crippen LogP contribution in [0.5, 0.6) is 0 Å². The topological polar surface area (TPSA) is 36.4 Å². The molecule has 3 nitrogen and oxygen atoms in total. The zero-order valence-electron chi connectivity index (χ0n) is 10.1. The zero-order chi connectivity index (χ0) is 11.5. The standard InChI is InChI=1S/C13H20N2O/c1-10-5-3-7-13(14-10)15-8-4-6-12(9-15)11(2)16/h3,5,7,11-12,16H,4,6,8-9H2,1-2H3/t11-,12+/m0/s1. The molecular formula is C13H20N2O. The molecule has 0 spiro atoms. The fourth-order valence-electron chi connectivity index (χ4n) is 2.32. The maximum absolute atomic E-state index is 9.65. The van der Waals surface area contributed by atoms with Crippen molar-refractivity contribution in [3.05, 3.63) is 23.9 Å². The maximum Gasteiger partial charge on any atom is 0.128 e. The second-order valence-electron chi connectivity index (χ2n) is 4.73. The van der Waals surface area contributed by atoms with Crippen LogP contribution in [0.15, 0.2) is 18.2 Å². The first-order valence-electron chi connectivity index (χ1n) is 6.03. The lowest BCUT2D eigenvalue weighted by molar-refractivity contribution is 0.115. The minimum absolute atomic E-state index is 0.215. The maximum atomic E-state index is 9.65. The van der Waals surface area contributed by atoms with Crippen molar-refractivity contribution in [3.63, 3.8) is 0 Å². The van der Waals surface area contributed by atoms with Gasteiger partial charge in [-0.2, -0.15) is 0 Å². The average molecular weight is 220 g/mol. The van der Waals surface area contributed by atoms with Crippen LogP contribution in [0.4, 0.5) is 5.82 Å². The first-order chi connectivity index (χ1) is 7.66. The summed E-state index contributed by atoms with van der Waals surface area (Å²) in [6.45, 7) is 5.88. The van der Waals surface area contributed by atoms with Gasteiger partial charge in [-0.1, -0.05) is 6.07 Å². The second-order valence-corrected chi connectivity index (χ2v) is 4.73. The van der Waals surface area contributed by atoms with E-state index < -0.39 is 0 Å². The number of rotatable bonds is 2. The van der Waals surface area contributed by atoms with Gasteiger partial charge in [0.15, 0.2) is 0 Å². The van der Waals surface area contributed by atoms with E-state index in [0.29, 0.717) is 5.92 Å². The number of anilines is 1. The summed E-state index contributed by atoms with van der Waals surface area (Å²) in [5, 5.41) is 9.65. The van der Waals surface area contributed by atoms with E-state index in [1.165, 1.54) is 0 Å². The summed E-state index contributed by atoms with van der Waals surface area (Å²) in [5.41, 5.74) is 1.05. The molecule has 0 aliphatic carbocycles. The Hall–Kier alpha value is -1.09. The monoisotopic (exact) mass is 220 g/mol. The average Bonchev–Trinajstić information content (AvgIpc) is 2.29. The van der Waals surface area contributed by atoms with Crippen molar-refractivity contribution < 1.29 is 5.11 Å². The fraction of sp³-hybridized carbons (Fsp3) is 0.615. The quantitative estimate of drug-likeness (QED) is 0.828. The van der Waals surface area contributed by atoms with E-state index in [1.807, 2.05) is 26.0 Å². The van der Waals surface area contributed by atoms with E-state index in [4.69, 9.17) is 0 Å². The first kappa shape index (κ1) is 11.4. The van der Waals surface area contributed by atoms with Gasteiger partial charge in [-0.3, -0.25) is 0 Å². The van der Waals surface area contributed by atoms with Crippen LogP contribution in [0.3, 0.4) is 0 Å². The number of pyridine rings is 1. The van der Waals surface area contributed by atoms with Crippen molar-refractivity contribution in [3.8, 4) is 0 Å². The van der Waals surface area contributed by atoms with Crippen LogP contribution in [-0.4, -0.2) is 29.3 Å². The molecule has 1 aliphatic rings. The Morgan fingerprint density at radius 3 is 3.00 bits per heavy atom. The minimum Gasteiger partial charge on any atom is -0.393 e. The van der Waals surface area contributed by atoms with Crippen LogP contribution in [0.2, 0.25) is 0 Å². The molecule has 1 saturated heterocycles. The highest BCUT2D eigenvalue weighted by Gasteiger charge is 2.24. The molecule has 0 radical (unpaired) electrons. The molecule has 1 N–H and O–H groups in total. The molecule has 0 saturated carbocycles. The number of aliphatic hydroxyl groups is 1. The van der Waals surface area contributed by atoms with Gasteiger partial charge in [0.05, 0.1) is 6.10 Å². The van der Waals surface area contributed by atoms with Crippen LogP contribution < -0.4 is 4.90 Å². The highest BCUT2D eigenvalue weighted by molar-refractivity contribution is 5.39. The van der Waals surface area contributed by atoms with Crippen LogP contribution in [0, 0.1) is 12.8 Å². The van der Waals surface area contributed by atoms with E-state index in [0.717, 1.165) is 37.4 Å². The number of piperidine rings is 1. The van der Waals surface area contributed by atoms with Gasteiger partial charge in [-0.25, -0.2) is 4.98 Å². The number of aromatic nitrogens is 1. The molecule has 1 aromatic heterocycles. The third-order valence-electron chi connectivity index (χ3n) is 3.34. The number of aryl methyl sites for hydroxylation is 1. The fourth-order valence-corrected chi connectivity index (χ4v) is 2.32. The molecule has 2 heterocycles. The summed E-state index contributed by atoms with van der Waals surface area (Å²) in [6, 6.07) is 6.11. The molecule has 88 valence electrons. The summed E-state index contributed by atoms with van der Waals surface area (Å²) in [5.74, 6) is 1.43. The predicted octanol–water partition coefficient (Wildman–Crippen LogP) is 1.99. The second kappa shape index (κ2) is 4.83. The van der Waals surface area contributed by atoms with Crippen LogP contribution in [0.1, 0.15) is 25.5 Å². The molecule has 2 rings (SSSR count). The lowest BCUT2D eigenvalue weighted by Gasteiger charge is -2.35. The third-order valence-corrected chi connectivity index (χ3v) is 3.34. The molecule has 0 amide bonds. The van der Waals surface area contributed by atoms with Gasteiger partial charge in [-0.15, -0.1) is 0 Å². The predicted molar refractivity (Wildman–Crippen MR) is 65.6 cm³/mol. The highest BCUT2D eigenvalue weighted by atomic mass is 16.3. The number of nitrogens with zero attached hydrogens (tertiary/aromatic N) is 2. The Morgan fingerprint density at radius 2 is 2.31 bits per heavy atom. The van der Waals surface area contributed by atoms with E-state index in [1.54, 1.807) is 0 Å². The van der Waals surface area contributed by atoms with Crippen molar-refractivity contribution >= 4 is 5.82 Å². The van der Waals surface area contributed by atoms with Gasteiger partial charge < -0.3 is 10.0 Å². The summed E-state index contributed by atoms with van der Waals surface area (Å²) >= 11 is 0. The van der Waals surface area contributed by atoms with Crippen molar-refractivity contribution in [1.29, 1.82) is 0 Å². The molecule has 1 aliphatic heterocycles. The van der Waals surface area contributed by atoms with Gasteiger partial charge in [0.2, 0.25) is 0 Å². The molecule has 3 heteroatoms. The lowest BCUT2D eigenvalue weighted by Crippen LogP contribution is -2.40. The van der Waals surface area contributed by atoms with Crippen molar-refractivity contribution in [1.82, 2.24) is 4.98 Å². The first-order valence-corrected chi connectivity index (χ1v) is 6.03. The van der Waals surface area contributed by atoms with Gasteiger partial charge >= 0.3 is 0 Å². The summed E-state index contributed by atoms with van der Waals surface area (Å²) in [4.78, 5) is 6.82. The van der Waals surface area contributed by atoms with E-state index in [9.17, 15) is 5.11 Å². The number of hydrogen-bond acceptors (Lipinski definition) is 3. The molecule has 16 heavy (non-hydrogen) atoms. The molecule has 2 atom stereocenters. The van der Waals surface area contributed by atoms with Gasteiger partial charge in [0.25, 0.3) is 0 Å². The minimum atomic E-state index is -0.215. The van der Waals surface area contributed by atoms with Crippen molar-refractivity contribution in [2.24, 2.45) is 5.92 Å². The van der Waals surface area contributed by atoms with Gasteiger partial charge in [0, 0.05) is 24.7 Å². The summed E-state index contributed by atoms with van der Waals surface area (Å²) in [6.07, 6.45) is 2.05. The Balaban J connectivity index is 2.09. The number of aliphatic hydroxyl groups excluding tert-OH is 1. The van der Waals surface area contributed by atoms with Crippen LogP contribution in [0.25, 0.3) is 0 Å². The highest BCUT2D eigenvalue weighted by Crippen LogP contribution is 2.23. The summed E-state index contributed by atoms with van der Waals surface area (Å²) in [7, 11) is 0. The van der Waals surface area contributed by atoms with Gasteiger partial charge in [0.1, 0.15) is 5.82 Å². The SMILES string of the molecule is Cc1cccc(N2CCC[C@@H]([C@H](C)O)C2)n1. The Morgan fingerprint density at radius 1 is 1.50 bits per heavy atom. The lowest BCUT2D eigenvalue weighted by atomic mass is 9.93. The Bertz CT molecular complexity index is 352. The van der Waals surface area contributed by atoms with Crippen molar-refractivity contribution in [2.75, 3.05) is 18.0 Å². The van der Waals surface area contributed by atoms with E-state index in [-0.39, 0.29) is 6.10 Å². The van der Waals surface area contributed by atoms with Gasteiger partial charge in [-0.05, 0) is 38.8 Å². The smallest absolute Gasteiger partial charge is 0.128 e. The zero-order valence-corrected chi connectivity index (χ0v) is 10.1. The normalized spacial score (nSPS) is 23.2. The third kappa shape index (κ3) is 2.53. The molecular weight excluding hydrogens is 200 g/mol. The summed E-state index contributed by atoms with van der Waals surface area (Å²) < 4.78 is 0. The van der Waals surface area contributed by atoms with E-state index >= 15 is 0 Å². The largest absolute Gasteiger partial charge is 0.393 e. The molecule has 0 unspecified atom stereocenters. The molecule has 0 bridgehead atoms. The molecule has 1 fully saturated rings. The van der Waals surface area contributed by atoms with Crippen LogP contribution in [-0.2, 0) is 0 Å². The molecule has 1 aromatic rings. The Labute approximate surface area is 97.1 Å². The van der Waals surface area contributed by atoms with Crippen molar-refractivity contribution in [2.45, 2.75) is 32.8 Å².